The summed E-state index contributed by atoms with van der Waals surface area (Å²) in [7, 11) is -4.01. The van der Waals surface area contributed by atoms with Crippen LogP contribution >= 0.6 is 0 Å². The van der Waals surface area contributed by atoms with Gasteiger partial charge in [0.05, 0.1) is 11.2 Å². The zero-order valence-electron chi connectivity index (χ0n) is 16.8. The van der Waals surface area contributed by atoms with Gasteiger partial charge in [-0.1, -0.05) is 17.7 Å². The van der Waals surface area contributed by atoms with Gasteiger partial charge in [-0.2, -0.15) is 4.98 Å². The fraction of sp³-hybridized carbons (Fsp3) is 0.182. The van der Waals surface area contributed by atoms with Crippen LogP contribution in [-0.2, 0) is 16.4 Å². The van der Waals surface area contributed by atoms with Crippen molar-refractivity contribution in [3.8, 4) is 11.5 Å². The SMILES string of the molecule is Cc1cccc(-c2nc(S(=O)(=O)c3ccc(F)cc3)c(NCCCn3ccnc3)o2)c1. The summed E-state index contributed by atoms with van der Waals surface area (Å²) in [6.45, 7) is 3.11. The molecule has 160 valence electrons. The number of benzene rings is 2. The molecule has 0 amide bonds. The zero-order chi connectivity index (χ0) is 21.8. The molecule has 2 aromatic heterocycles. The number of hydrogen-bond acceptors (Lipinski definition) is 6. The van der Waals surface area contributed by atoms with Gasteiger partial charge in [0.2, 0.25) is 26.6 Å². The van der Waals surface area contributed by atoms with E-state index in [9.17, 15) is 12.8 Å². The third kappa shape index (κ3) is 4.66. The summed E-state index contributed by atoms with van der Waals surface area (Å²) in [5, 5.41) is 2.83. The summed E-state index contributed by atoms with van der Waals surface area (Å²) in [5.74, 6) is -0.259. The Morgan fingerprint density at radius 1 is 1.16 bits per heavy atom. The van der Waals surface area contributed by atoms with E-state index >= 15 is 0 Å². The van der Waals surface area contributed by atoms with E-state index in [0.29, 0.717) is 25.1 Å². The molecule has 4 rings (SSSR count). The van der Waals surface area contributed by atoms with Crippen LogP contribution < -0.4 is 5.32 Å². The topological polar surface area (TPSA) is 90.0 Å². The Kier molecular flexibility index (Phi) is 5.85. The van der Waals surface area contributed by atoms with Crippen molar-refractivity contribution in [2.45, 2.75) is 29.8 Å². The molecule has 0 aliphatic heterocycles. The van der Waals surface area contributed by atoms with E-state index in [1.807, 2.05) is 35.9 Å². The molecule has 1 N–H and O–H groups in total. The summed E-state index contributed by atoms with van der Waals surface area (Å²) in [6.07, 6.45) is 5.99. The monoisotopic (exact) mass is 440 g/mol. The number of sulfone groups is 1. The summed E-state index contributed by atoms with van der Waals surface area (Å²) >= 11 is 0. The number of nitrogens with one attached hydrogen (secondary N) is 1. The lowest BCUT2D eigenvalue weighted by molar-refractivity contribution is 0.571. The average Bonchev–Trinajstić information content (AvgIpc) is 3.42. The Bertz CT molecular complexity index is 1270. The fourth-order valence-corrected chi connectivity index (χ4v) is 4.39. The van der Waals surface area contributed by atoms with Crippen molar-refractivity contribution in [1.29, 1.82) is 0 Å². The molecule has 0 saturated carbocycles. The van der Waals surface area contributed by atoms with E-state index in [-0.39, 0.29) is 21.7 Å². The number of rotatable bonds is 8. The molecule has 2 heterocycles. The largest absolute Gasteiger partial charge is 0.419 e. The molecule has 2 aromatic carbocycles. The van der Waals surface area contributed by atoms with Gasteiger partial charge >= 0.3 is 0 Å². The predicted octanol–water partition coefficient (Wildman–Crippen LogP) is 4.32. The van der Waals surface area contributed by atoms with Crippen molar-refractivity contribution in [1.82, 2.24) is 14.5 Å². The normalized spacial score (nSPS) is 11.5. The third-order valence-electron chi connectivity index (χ3n) is 4.68. The quantitative estimate of drug-likeness (QED) is 0.324. The highest BCUT2D eigenvalue weighted by Crippen LogP contribution is 2.32. The maximum Gasteiger partial charge on any atom is 0.233 e. The van der Waals surface area contributed by atoms with Crippen LogP contribution in [0.5, 0.6) is 0 Å². The molecule has 0 bridgehead atoms. The Balaban J connectivity index is 1.65. The van der Waals surface area contributed by atoms with Gasteiger partial charge in [-0.15, -0.1) is 0 Å². The second-order valence-electron chi connectivity index (χ2n) is 7.06. The first-order valence-electron chi connectivity index (χ1n) is 9.71. The highest BCUT2D eigenvalue weighted by molar-refractivity contribution is 7.91. The number of anilines is 1. The summed E-state index contributed by atoms with van der Waals surface area (Å²) in [5.41, 5.74) is 1.66. The van der Waals surface area contributed by atoms with E-state index in [0.717, 1.165) is 17.7 Å². The van der Waals surface area contributed by atoms with Gasteiger partial charge in [0.25, 0.3) is 0 Å². The summed E-state index contributed by atoms with van der Waals surface area (Å²) in [4.78, 5) is 8.24. The van der Waals surface area contributed by atoms with E-state index in [4.69, 9.17) is 4.42 Å². The van der Waals surface area contributed by atoms with Crippen LogP contribution in [0, 0.1) is 12.7 Å². The molecule has 31 heavy (non-hydrogen) atoms. The van der Waals surface area contributed by atoms with Gasteiger partial charge in [-0.05, 0) is 49.7 Å². The molecule has 4 aromatic rings. The molecule has 0 aliphatic rings. The van der Waals surface area contributed by atoms with Crippen molar-refractivity contribution in [3.63, 3.8) is 0 Å². The van der Waals surface area contributed by atoms with Crippen molar-refractivity contribution in [2.75, 3.05) is 11.9 Å². The molecule has 0 spiro atoms. The molecule has 0 atom stereocenters. The molecule has 9 heteroatoms. The van der Waals surface area contributed by atoms with Gasteiger partial charge in [-0.25, -0.2) is 17.8 Å². The minimum atomic E-state index is -4.01. The minimum Gasteiger partial charge on any atom is -0.419 e. The number of halogens is 1. The van der Waals surface area contributed by atoms with Gasteiger partial charge in [0.15, 0.2) is 0 Å². The van der Waals surface area contributed by atoms with Crippen molar-refractivity contribution in [2.24, 2.45) is 0 Å². The van der Waals surface area contributed by atoms with Crippen LogP contribution in [0.4, 0.5) is 10.3 Å². The standard InChI is InChI=1S/C22H21FN4O3S/c1-16-4-2-5-17(14-16)20-26-22(31(28,29)19-8-6-18(23)7-9-19)21(30-20)25-10-3-12-27-13-11-24-15-27/h2,4-9,11,13-15,25H,3,10,12H2,1H3. The highest BCUT2D eigenvalue weighted by Gasteiger charge is 2.28. The number of oxazole rings is 1. The first kappa shape index (κ1) is 20.8. The maximum absolute atomic E-state index is 13.3. The van der Waals surface area contributed by atoms with E-state index in [1.54, 1.807) is 18.6 Å². The summed E-state index contributed by atoms with van der Waals surface area (Å²) in [6, 6.07) is 12.1. The average molecular weight is 441 g/mol. The number of imidazole rings is 1. The molecule has 7 nitrogen and oxygen atoms in total. The Labute approximate surface area is 179 Å². The van der Waals surface area contributed by atoms with Crippen LogP contribution in [-0.4, -0.2) is 29.5 Å². The van der Waals surface area contributed by atoms with E-state index < -0.39 is 15.7 Å². The van der Waals surface area contributed by atoms with Crippen molar-refractivity contribution >= 4 is 15.7 Å². The van der Waals surface area contributed by atoms with Gasteiger partial charge < -0.3 is 14.3 Å². The Hall–Kier alpha value is -3.46. The molecule has 0 fully saturated rings. The van der Waals surface area contributed by atoms with E-state index in [2.05, 4.69) is 15.3 Å². The fourth-order valence-electron chi connectivity index (χ4n) is 3.11. The Morgan fingerprint density at radius 3 is 2.68 bits per heavy atom. The Morgan fingerprint density at radius 2 is 1.97 bits per heavy atom. The number of nitrogens with zero attached hydrogens (tertiary/aromatic N) is 3. The predicted molar refractivity (Wildman–Crippen MR) is 114 cm³/mol. The molecule has 0 aliphatic carbocycles. The summed E-state index contributed by atoms with van der Waals surface area (Å²) < 4.78 is 47.5. The smallest absolute Gasteiger partial charge is 0.233 e. The van der Waals surface area contributed by atoms with Crippen LogP contribution in [0.2, 0.25) is 0 Å². The second kappa shape index (κ2) is 8.73. The number of hydrogen-bond donors (Lipinski definition) is 1. The van der Waals surface area contributed by atoms with Gasteiger partial charge in [0, 0.05) is 31.0 Å². The first-order valence-corrected chi connectivity index (χ1v) is 11.2. The molecular formula is C22H21FN4O3S. The molecule has 0 unspecified atom stereocenters. The zero-order valence-corrected chi connectivity index (χ0v) is 17.6. The maximum atomic E-state index is 13.3. The minimum absolute atomic E-state index is 0.0561. The van der Waals surface area contributed by atoms with Crippen LogP contribution in [0.15, 0.2) is 81.6 Å². The first-order chi connectivity index (χ1) is 14.9. The van der Waals surface area contributed by atoms with Crippen molar-refractivity contribution < 1.29 is 17.2 Å². The third-order valence-corrected chi connectivity index (χ3v) is 6.36. The van der Waals surface area contributed by atoms with Gasteiger partial charge in [-0.3, -0.25) is 0 Å². The number of aryl methyl sites for hydroxylation is 2. The molecule has 0 radical (unpaired) electrons. The molecular weight excluding hydrogens is 419 g/mol. The second-order valence-corrected chi connectivity index (χ2v) is 8.93. The lowest BCUT2D eigenvalue weighted by Crippen LogP contribution is -2.10. The van der Waals surface area contributed by atoms with Crippen LogP contribution in [0.1, 0.15) is 12.0 Å². The van der Waals surface area contributed by atoms with Crippen LogP contribution in [0.25, 0.3) is 11.5 Å². The highest BCUT2D eigenvalue weighted by atomic mass is 32.2. The molecule has 0 saturated heterocycles. The van der Waals surface area contributed by atoms with Crippen LogP contribution in [0.3, 0.4) is 0 Å². The van der Waals surface area contributed by atoms with E-state index in [1.165, 1.54) is 12.1 Å². The van der Waals surface area contributed by atoms with Crippen molar-refractivity contribution in [3.05, 3.63) is 78.6 Å². The lowest BCUT2D eigenvalue weighted by Gasteiger charge is -2.06. The van der Waals surface area contributed by atoms with Gasteiger partial charge in [0.1, 0.15) is 5.82 Å². The lowest BCUT2D eigenvalue weighted by atomic mass is 10.1. The number of aromatic nitrogens is 3.